The van der Waals surface area contributed by atoms with Crippen molar-refractivity contribution in [3.63, 3.8) is 0 Å². The lowest BCUT2D eigenvalue weighted by Gasteiger charge is -2.29. The molecule has 5 heteroatoms. The molecule has 0 spiro atoms. The maximum Gasteiger partial charge on any atom is 0.315 e. The Bertz CT molecular complexity index is 397. The fraction of sp³-hybridized carbons (Fsp3) is 0.533. The highest BCUT2D eigenvalue weighted by Gasteiger charge is 2.23. The van der Waals surface area contributed by atoms with Crippen LogP contribution in [0.1, 0.15) is 26.7 Å². The number of urea groups is 1. The summed E-state index contributed by atoms with van der Waals surface area (Å²) in [6, 6.07) is 9.23. The van der Waals surface area contributed by atoms with E-state index in [4.69, 9.17) is 9.84 Å². The number of aliphatic hydroxyl groups is 1. The van der Waals surface area contributed by atoms with Gasteiger partial charge in [0.05, 0.1) is 6.54 Å². The number of hydrogen-bond acceptors (Lipinski definition) is 3. The van der Waals surface area contributed by atoms with Crippen LogP contribution in [0.2, 0.25) is 0 Å². The first-order valence-electron chi connectivity index (χ1n) is 6.94. The minimum atomic E-state index is -0.376. The molecule has 0 aliphatic heterocycles. The molecule has 0 aliphatic rings. The Hall–Kier alpha value is -1.75. The molecule has 1 rings (SSSR count). The van der Waals surface area contributed by atoms with Gasteiger partial charge in [0.1, 0.15) is 12.4 Å². The van der Waals surface area contributed by atoms with Crippen LogP contribution in [0.4, 0.5) is 4.79 Å². The molecule has 5 nitrogen and oxygen atoms in total. The number of para-hydroxylation sites is 1. The zero-order valence-corrected chi connectivity index (χ0v) is 12.2. The smallest absolute Gasteiger partial charge is 0.315 e. The molecule has 0 fully saturated rings. The van der Waals surface area contributed by atoms with E-state index in [1.54, 1.807) is 0 Å². The third-order valence-corrected chi connectivity index (χ3v) is 3.26. The van der Waals surface area contributed by atoms with Crippen LogP contribution >= 0.6 is 0 Å². The first-order valence-corrected chi connectivity index (χ1v) is 6.94. The third kappa shape index (κ3) is 5.93. The normalized spacial score (nSPS) is 13.3. The summed E-state index contributed by atoms with van der Waals surface area (Å²) in [5, 5.41) is 14.6. The second kappa shape index (κ2) is 8.43. The summed E-state index contributed by atoms with van der Waals surface area (Å²) in [7, 11) is 0. The second-order valence-electron chi connectivity index (χ2n) is 4.93. The summed E-state index contributed by atoms with van der Waals surface area (Å²) in [6.07, 6.45) is 1.30. The summed E-state index contributed by atoms with van der Waals surface area (Å²) < 4.78 is 5.48. The summed E-state index contributed by atoms with van der Waals surface area (Å²) in [5.41, 5.74) is -0.376. The molecule has 1 aromatic rings. The number of nitrogens with one attached hydrogen (secondary N) is 2. The van der Waals surface area contributed by atoms with Gasteiger partial charge in [0.25, 0.3) is 0 Å². The summed E-state index contributed by atoms with van der Waals surface area (Å²) in [6.45, 7) is 4.80. The largest absolute Gasteiger partial charge is 0.492 e. The number of carbonyl (C=O) groups excluding carboxylic acids is 1. The van der Waals surface area contributed by atoms with E-state index in [-0.39, 0.29) is 18.2 Å². The number of amides is 2. The molecule has 2 amide bonds. The Balaban J connectivity index is 2.23. The molecule has 0 bridgehead atoms. The summed E-state index contributed by atoms with van der Waals surface area (Å²) in [5.74, 6) is 0.786. The van der Waals surface area contributed by atoms with Crippen molar-refractivity contribution in [3.05, 3.63) is 30.3 Å². The van der Waals surface area contributed by atoms with Crippen LogP contribution in [0.3, 0.4) is 0 Å². The van der Waals surface area contributed by atoms with Crippen LogP contribution in [-0.2, 0) is 0 Å². The molecular formula is C15H24N2O3. The lowest BCUT2D eigenvalue weighted by molar-refractivity contribution is 0.199. The molecule has 1 aromatic carbocycles. The second-order valence-corrected chi connectivity index (χ2v) is 4.93. The zero-order chi connectivity index (χ0) is 14.8. The maximum atomic E-state index is 11.7. The van der Waals surface area contributed by atoms with Crippen molar-refractivity contribution in [2.45, 2.75) is 32.2 Å². The highest BCUT2D eigenvalue weighted by atomic mass is 16.5. The molecule has 1 atom stereocenters. The van der Waals surface area contributed by atoms with Crippen molar-refractivity contribution in [2.75, 3.05) is 19.8 Å². The number of carbonyl (C=O) groups is 1. The Morgan fingerprint density at radius 2 is 2.05 bits per heavy atom. The van der Waals surface area contributed by atoms with E-state index < -0.39 is 0 Å². The standard InChI is InChI=1S/C15H24N2O3/c1-3-15(2,9-11-18)17-14(19)16-10-12-20-13-7-5-4-6-8-13/h4-8,18H,3,9-12H2,1-2H3,(H2,16,17,19). The molecule has 0 saturated heterocycles. The van der Waals surface area contributed by atoms with Gasteiger partial charge in [-0.05, 0) is 31.9 Å². The van der Waals surface area contributed by atoms with Gasteiger partial charge in [-0.2, -0.15) is 0 Å². The maximum absolute atomic E-state index is 11.7. The highest BCUT2D eigenvalue weighted by molar-refractivity contribution is 5.74. The first kappa shape index (κ1) is 16.3. The molecule has 0 heterocycles. The van der Waals surface area contributed by atoms with Crippen LogP contribution in [0.25, 0.3) is 0 Å². The number of ether oxygens (including phenoxy) is 1. The fourth-order valence-corrected chi connectivity index (χ4v) is 1.74. The number of aliphatic hydroxyl groups excluding tert-OH is 1. The quantitative estimate of drug-likeness (QED) is 0.637. The van der Waals surface area contributed by atoms with Crippen molar-refractivity contribution in [1.29, 1.82) is 0 Å². The summed E-state index contributed by atoms with van der Waals surface area (Å²) >= 11 is 0. The van der Waals surface area contributed by atoms with Crippen LogP contribution in [0, 0.1) is 0 Å². The molecular weight excluding hydrogens is 256 g/mol. The minimum Gasteiger partial charge on any atom is -0.492 e. The number of rotatable bonds is 8. The van der Waals surface area contributed by atoms with E-state index in [2.05, 4.69) is 10.6 Å². The van der Waals surface area contributed by atoms with Gasteiger partial charge in [-0.1, -0.05) is 25.1 Å². The minimum absolute atomic E-state index is 0.0573. The first-order chi connectivity index (χ1) is 9.59. The van der Waals surface area contributed by atoms with Gasteiger partial charge < -0.3 is 20.5 Å². The van der Waals surface area contributed by atoms with Crippen LogP contribution in [0.15, 0.2) is 30.3 Å². The lowest BCUT2D eigenvalue weighted by atomic mass is 9.95. The molecule has 0 radical (unpaired) electrons. The molecule has 0 aliphatic carbocycles. The average Bonchev–Trinajstić information content (AvgIpc) is 2.45. The van der Waals surface area contributed by atoms with Crippen LogP contribution in [0.5, 0.6) is 5.75 Å². The van der Waals surface area contributed by atoms with Gasteiger partial charge in [-0.3, -0.25) is 0 Å². The van der Waals surface area contributed by atoms with Crippen molar-refractivity contribution in [1.82, 2.24) is 10.6 Å². The Labute approximate surface area is 120 Å². The molecule has 20 heavy (non-hydrogen) atoms. The van der Waals surface area contributed by atoms with E-state index in [0.717, 1.165) is 12.2 Å². The van der Waals surface area contributed by atoms with Crippen LogP contribution in [-0.4, -0.2) is 36.4 Å². The Kier molecular flexibility index (Phi) is 6.87. The van der Waals surface area contributed by atoms with Gasteiger partial charge in [-0.25, -0.2) is 4.79 Å². The topological polar surface area (TPSA) is 70.6 Å². The van der Waals surface area contributed by atoms with Crippen molar-refractivity contribution in [3.8, 4) is 5.75 Å². The van der Waals surface area contributed by atoms with Crippen molar-refractivity contribution >= 4 is 6.03 Å². The van der Waals surface area contributed by atoms with Gasteiger partial charge in [0.2, 0.25) is 0 Å². The summed E-state index contributed by atoms with van der Waals surface area (Å²) in [4.78, 5) is 11.7. The van der Waals surface area contributed by atoms with E-state index in [1.807, 2.05) is 44.2 Å². The highest BCUT2D eigenvalue weighted by Crippen LogP contribution is 2.13. The molecule has 0 saturated carbocycles. The predicted molar refractivity (Wildman–Crippen MR) is 78.9 cm³/mol. The van der Waals surface area contributed by atoms with Crippen molar-refractivity contribution < 1.29 is 14.6 Å². The zero-order valence-electron chi connectivity index (χ0n) is 12.2. The average molecular weight is 280 g/mol. The molecule has 3 N–H and O–H groups in total. The van der Waals surface area contributed by atoms with E-state index >= 15 is 0 Å². The van der Waals surface area contributed by atoms with E-state index in [9.17, 15) is 4.79 Å². The molecule has 1 unspecified atom stereocenters. The van der Waals surface area contributed by atoms with Crippen molar-refractivity contribution in [2.24, 2.45) is 0 Å². The van der Waals surface area contributed by atoms with E-state index in [1.165, 1.54) is 0 Å². The lowest BCUT2D eigenvalue weighted by Crippen LogP contribution is -2.51. The fourth-order valence-electron chi connectivity index (χ4n) is 1.74. The van der Waals surface area contributed by atoms with E-state index in [0.29, 0.717) is 19.6 Å². The van der Waals surface area contributed by atoms with Gasteiger partial charge in [0, 0.05) is 12.1 Å². The SMILES string of the molecule is CCC(C)(CCO)NC(=O)NCCOc1ccccc1. The Morgan fingerprint density at radius 3 is 2.65 bits per heavy atom. The molecule has 112 valence electrons. The predicted octanol–water partition coefficient (Wildman–Crippen LogP) is 1.92. The third-order valence-electron chi connectivity index (χ3n) is 3.26. The van der Waals surface area contributed by atoms with Gasteiger partial charge in [-0.15, -0.1) is 0 Å². The van der Waals surface area contributed by atoms with Gasteiger partial charge >= 0.3 is 6.03 Å². The Morgan fingerprint density at radius 1 is 1.35 bits per heavy atom. The van der Waals surface area contributed by atoms with Gasteiger partial charge in [0.15, 0.2) is 0 Å². The number of hydrogen-bond donors (Lipinski definition) is 3. The molecule has 0 aromatic heterocycles. The monoisotopic (exact) mass is 280 g/mol. The van der Waals surface area contributed by atoms with Crippen LogP contribution < -0.4 is 15.4 Å². The number of benzene rings is 1.